The van der Waals surface area contributed by atoms with E-state index in [-0.39, 0.29) is 5.54 Å². The van der Waals surface area contributed by atoms with Gasteiger partial charge in [0.25, 0.3) is 0 Å². The molecule has 3 heteroatoms. The van der Waals surface area contributed by atoms with Crippen LogP contribution < -0.4 is 11.1 Å². The van der Waals surface area contributed by atoms with Crippen LogP contribution in [0.15, 0.2) is 0 Å². The zero-order valence-electron chi connectivity index (χ0n) is 11.4. The summed E-state index contributed by atoms with van der Waals surface area (Å²) in [5.41, 5.74) is 6.27. The minimum Gasteiger partial charge on any atom is -0.329 e. The molecule has 0 aromatic heterocycles. The molecule has 0 radical (unpaired) electrons. The Morgan fingerprint density at radius 3 is 2.71 bits per heavy atom. The second-order valence-electron chi connectivity index (χ2n) is 6.15. The lowest BCUT2D eigenvalue weighted by atomic mass is 9.82. The van der Waals surface area contributed by atoms with Gasteiger partial charge < -0.3 is 16.0 Å². The molecule has 100 valence electrons. The van der Waals surface area contributed by atoms with E-state index in [1.165, 1.54) is 64.6 Å². The van der Waals surface area contributed by atoms with E-state index in [9.17, 15) is 0 Å². The summed E-state index contributed by atoms with van der Waals surface area (Å²) < 4.78 is 0. The van der Waals surface area contributed by atoms with Gasteiger partial charge in [-0.25, -0.2) is 0 Å². The van der Waals surface area contributed by atoms with Gasteiger partial charge in [0.15, 0.2) is 0 Å². The maximum Gasteiger partial charge on any atom is 0.0316 e. The fourth-order valence-electron chi connectivity index (χ4n) is 3.11. The van der Waals surface area contributed by atoms with E-state index in [0.29, 0.717) is 0 Å². The van der Waals surface area contributed by atoms with Crippen molar-refractivity contribution in [2.45, 2.75) is 50.5 Å². The minimum atomic E-state index is 0.231. The Balaban J connectivity index is 1.76. The second-order valence-corrected chi connectivity index (χ2v) is 6.15. The summed E-state index contributed by atoms with van der Waals surface area (Å²) >= 11 is 0. The summed E-state index contributed by atoms with van der Waals surface area (Å²) in [6.45, 7) is 4.39. The molecule has 1 heterocycles. The maximum atomic E-state index is 6.04. The quantitative estimate of drug-likeness (QED) is 0.765. The van der Waals surface area contributed by atoms with Gasteiger partial charge in [-0.1, -0.05) is 19.3 Å². The lowest BCUT2D eigenvalue weighted by Gasteiger charge is -2.34. The van der Waals surface area contributed by atoms with Crippen LogP contribution in [-0.2, 0) is 0 Å². The fraction of sp³-hybridized carbons (Fsp3) is 1.00. The number of nitrogens with two attached hydrogens (primary N) is 1. The van der Waals surface area contributed by atoms with Gasteiger partial charge in [-0.05, 0) is 58.3 Å². The predicted octanol–water partition coefficient (Wildman–Crippen LogP) is 1.58. The highest BCUT2D eigenvalue weighted by Crippen LogP contribution is 2.29. The van der Waals surface area contributed by atoms with E-state index in [1.54, 1.807) is 0 Å². The monoisotopic (exact) mass is 239 g/mol. The topological polar surface area (TPSA) is 41.3 Å². The van der Waals surface area contributed by atoms with Crippen molar-refractivity contribution in [1.29, 1.82) is 0 Å². The first-order valence-electron chi connectivity index (χ1n) is 7.38. The molecule has 0 spiro atoms. The SMILES string of the molecule is CN1CCCC(CN)(NCCC2CCC2)CC1. The Morgan fingerprint density at radius 1 is 1.24 bits per heavy atom. The molecule has 2 fully saturated rings. The van der Waals surface area contributed by atoms with E-state index in [1.807, 2.05) is 0 Å². The van der Waals surface area contributed by atoms with E-state index in [2.05, 4.69) is 17.3 Å². The first kappa shape index (κ1) is 13.3. The van der Waals surface area contributed by atoms with Crippen molar-refractivity contribution in [3.8, 4) is 0 Å². The second kappa shape index (κ2) is 6.17. The zero-order chi connectivity index (χ0) is 12.1. The van der Waals surface area contributed by atoms with Gasteiger partial charge in [0.05, 0.1) is 0 Å². The van der Waals surface area contributed by atoms with E-state index in [4.69, 9.17) is 5.73 Å². The fourth-order valence-corrected chi connectivity index (χ4v) is 3.11. The Kier molecular flexibility index (Phi) is 4.83. The third-order valence-electron chi connectivity index (χ3n) is 4.84. The first-order valence-corrected chi connectivity index (χ1v) is 7.38. The third kappa shape index (κ3) is 3.67. The van der Waals surface area contributed by atoms with Crippen LogP contribution in [0.25, 0.3) is 0 Å². The van der Waals surface area contributed by atoms with Gasteiger partial charge in [-0.15, -0.1) is 0 Å². The van der Waals surface area contributed by atoms with Gasteiger partial charge in [0, 0.05) is 12.1 Å². The molecule has 3 nitrogen and oxygen atoms in total. The van der Waals surface area contributed by atoms with Crippen molar-refractivity contribution in [3.63, 3.8) is 0 Å². The lowest BCUT2D eigenvalue weighted by Crippen LogP contribution is -2.52. The normalized spacial score (nSPS) is 32.1. The van der Waals surface area contributed by atoms with Gasteiger partial charge in [-0.3, -0.25) is 0 Å². The van der Waals surface area contributed by atoms with E-state index in [0.717, 1.165) is 12.5 Å². The molecule has 1 saturated carbocycles. The van der Waals surface area contributed by atoms with Gasteiger partial charge >= 0.3 is 0 Å². The highest BCUT2D eigenvalue weighted by atomic mass is 15.1. The van der Waals surface area contributed by atoms with Gasteiger partial charge in [-0.2, -0.15) is 0 Å². The standard InChI is InChI=1S/C14H29N3/c1-17-10-3-7-14(12-15,8-11-17)16-9-6-13-4-2-5-13/h13,16H,2-12,15H2,1H3. The zero-order valence-corrected chi connectivity index (χ0v) is 11.4. The Bertz CT molecular complexity index is 228. The number of hydrogen-bond donors (Lipinski definition) is 2. The summed E-state index contributed by atoms with van der Waals surface area (Å²) in [6, 6.07) is 0. The van der Waals surface area contributed by atoms with Crippen molar-refractivity contribution >= 4 is 0 Å². The highest BCUT2D eigenvalue weighted by Gasteiger charge is 2.30. The number of nitrogens with one attached hydrogen (secondary N) is 1. The average molecular weight is 239 g/mol. The molecule has 1 saturated heterocycles. The Hall–Kier alpha value is -0.120. The van der Waals surface area contributed by atoms with Crippen LogP contribution in [0.5, 0.6) is 0 Å². The lowest BCUT2D eigenvalue weighted by molar-refractivity contribution is 0.246. The van der Waals surface area contributed by atoms with Crippen LogP contribution in [0.1, 0.15) is 44.9 Å². The summed E-state index contributed by atoms with van der Waals surface area (Å²) in [4.78, 5) is 2.44. The van der Waals surface area contributed by atoms with E-state index >= 15 is 0 Å². The van der Waals surface area contributed by atoms with Crippen LogP contribution in [0.2, 0.25) is 0 Å². The summed E-state index contributed by atoms with van der Waals surface area (Å²) in [6.07, 6.45) is 9.47. The summed E-state index contributed by atoms with van der Waals surface area (Å²) in [5, 5.41) is 3.79. The molecule has 0 aromatic carbocycles. The van der Waals surface area contributed by atoms with Crippen molar-refractivity contribution in [2.24, 2.45) is 11.7 Å². The molecule has 0 bridgehead atoms. The number of nitrogens with zero attached hydrogens (tertiary/aromatic N) is 1. The molecule has 2 rings (SSSR count). The van der Waals surface area contributed by atoms with Crippen molar-refractivity contribution < 1.29 is 0 Å². The molecule has 17 heavy (non-hydrogen) atoms. The Labute approximate surface area is 106 Å². The third-order valence-corrected chi connectivity index (χ3v) is 4.84. The number of hydrogen-bond acceptors (Lipinski definition) is 3. The molecule has 0 amide bonds. The molecular weight excluding hydrogens is 210 g/mol. The number of likely N-dealkylation sites (tertiary alicyclic amines) is 1. The number of rotatable bonds is 5. The predicted molar refractivity (Wildman–Crippen MR) is 73.1 cm³/mol. The summed E-state index contributed by atoms with van der Waals surface area (Å²) in [5.74, 6) is 1.01. The molecule has 3 N–H and O–H groups in total. The van der Waals surface area contributed by atoms with Crippen molar-refractivity contribution in [1.82, 2.24) is 10.2 Å². The van der Waals surface area contributed by atoms with Gasteiger partial charge in [0.2, 0.25) is 0 Å². The molecule has 1 unspecified atom stereocenters. The highest BCUT2D eigenvalue weighted by molar-refractivity contribution is 4.92. The molecule has 1 aliphatic carbocycles. The van der Waals surface area contributed by atoms with Crippen LogP contribution in [-0.4, -0.2) is 43.7 Å². The van der Waals surface area contributed by atoms with Crippen molar-refractivity contribution in [2.75, 3.05) is 33.2 Å². The molecule has 0 aromatic rings. The average Bonchev–Trinajstić information content (AvgIpc) is 2.46. The summed E-state index contributed by atoms with van der Waals surface area (Å²) in [7, 11) is 2.22. The van der Waals surface area contributed by atoms with Crippen LogP contribution >= 0.6 is 0 Å². The minimum absolute atomic E-state index is 0.231. The molecule has 2 aliphatic rings. The first-order chi connectivity index (χ1) is 8.24. The molecular formula is C14H29N3. The molecule has 1 aliphatic heterocycles. The maximum absolute atomic E-state index is 6.04. The Morgan fingerprint density at radius 2 is 2.06 bits per heavy atom. The van der Waals surface area contributed by atoms with Crippen LogP contribution in [0.3, 0.4) is 0 Å². The largest absolute Gasteiger partial charge is 0.329 e. The van der Waals surface area contributed by atoms with Crippen LogP contribution in [0.4, 0.5) is 0 Å². The smallest absolute Gasteiger partial charge is 0.0316 e. The van der Waals surface area contributed by atoms with Gasteiger partial charge in [0.1, 0.15) is 0 Å². The van der Waals surface area contributed by atoms with Crippen LogP contribution in [0, 0.1) is 5.92 Å². The van der Waals surface area contributed by atoms with Crippen molar-refractivity contribution in [3.05, 3.63) is 0 Å². The molecule has 1 atom stereocenters. The van der Waals surface area contributed by atoms with E-state index < -0.39 is 0 Å².